The van der Waals surface area contributed by atoms with Crippen molar-refractivity contribution in [2.45, 2.75) is 71.8 Å². The number of hydrogen-bond acceptors (Lipinski definition) is 4. The van der Waals surface area contributed by atoms with Crippen LogP contribution in [0.3, 0.4) is 0 Å². The second-order valence-electron chi connectivity index (χ2n) is 10.4. The van der Waals surface area contributed by atoms with Gasteiger partial charge in [0.2, 0.25) is 0 Å². The van der Waals surface area contributed by atoms with Gasteiger partial charge in [0.05, 0.1) is 6.61 Å². The zero-order valence-electron chi connectivity index (χ0n) is 20.4. The highest BCUT2D eigenvalue weighted by atomic mass is 16.5. The number of carbonyl (C=O) groups is 2. The highest BCUT2D eigenvalue weighted by Crippen LogP contribution is 2.56. The van der Waals surface area contributed by atoms with Gasteiger partial charge in [-0.1, -0.05) is 51.5 Å². The molecular weight excluding hydrogens is 414 g/mol. The Morgan fingerprint density at radius 3 is 2.70 bits per heavy atom. The molecule has 3 atom stereocenters. The monoisotopic (exact) mass is 449 g/mol. The van der Waals surface area contributed by atoms with Crippen LogP contribution in [0, 0.1) is 11.3 Å². The first-order valence-corrected chi connectivity index (χ1v) is 12.0. The Morgan fingerprint density at radius 1 is 1.18 bits per heavy atom. The van der Waals surface area contributed by atoms with Gasteiger partial charge in [-0.15, -0.1) is 0 Å². The highest BCUT2D eigenvalue weighted by Gasteiger charge is 2.48. The van der Waals surface area contributed by atoms with Gasteiger partial charge in [-0.05, 0) is 59.9 Å². The summed E-state index contributed by atoms with van der Waals surface area (Å²) in [6, 6.07) is 6.86. The molecule has 33 heavy (non-hydrogen) atoms. The lowest BCUT2D eigenvalue weighted by molar-refractivity contribution is -0.147. The Balaban J connectivity index is 1.69. The predicted octanol–water partition coefficient (Wildman–Crippen LogP) is 5.87. The van der Waals surface area contributed by atoms with Crippen LogP contribution in [0.5, 0.6) is 5.75 Å². The smallest absolute Gasteiger partial charge is 0.329 e. The van der Waals surface area contributed by atoms with Crippen molar-refractivity contribution in [2.24, 2.45) is 11.3 Å². The van der Waals surface area contributed by atoms with E-state index in [0.29, 0.717) is 24.7 Å². The quantitative estimate of drug-likeness (QED) is 0.409. The molecule has 1 fully saturated rings. The van der Waals surface area contributed by atoms with Crippen LogP contribution >= 0.6 is 0 Å². The van der Waals surface area contributed by atoms with Crippen molar-refractivity contribution in [2.75, 3.05) is 6.61 Å². The Hall–Kier alpha value is -2.82. The standard InChI is InChI=1S/C28H35NO4/c1-6-32-26(31)24(16-20-9-7-10-22(15-20)33-19(2)30)29-17-21-11-12-25-27(3,4)13-8-14-28(25,5)23(21)18-29/h7,9-12,15,17-18,24-25H,6,8,13-14,16H2,1-5H3/t24?,25?,28-/m1/s1. The van der Waals surface area contributed by atoms with E-state index in [2.05, 4.69) is 45.3 Å². The zero-order valence-corrected chi connectivity index (χ0v) is 20.4. The fourth-order valence-electron chi connectivity index (χ4n) is 6.01. The zero-order chi connectivity index (χ0) is 23.8. The van der Waals surface area contributed by atoms with E-state index in [1.165, 1.54) is 30.9 Å². The molecule has 0 radical (unpaired) electrons. The van der Waals surface area contributed by atoms with Crippen LogP contribution < -0.4 is 4.74 Å². The molecule has 0 bridgehead atoms. The van der Waals surface area contributed by atoms with Gasteiger partial charge in [-0.3, -0.25) is 4.79 Å². The summed E-state index contributed by atoms with van der Waals surface area (Å²) < 4.78 is 12.7. The predicted molar refractivity (Wildman–Crippen MR) is 129 cm³/mol. The van der Waals surface area contributed by atoms with Crippen molar-refractivity contribution >= 4 is 18.0 Å². The Labute approximate surface area is 196 Å². The minimum absolute atomic E-state index is 0.0610. The van der Waals surface area contributed by atoms with Gasteiger partial charge in [0.25, 0.3) is 0 Å². The first kappa shape index (κ1) is 23.3. The number of fused-ring (bicyclic) bond motifs is 3. The third-order valence-corrected chi connectivity index (χ3v) is 7.51. The van der Waals surface area contributed by atoms with Crippen molar-refractivity contribution in [3.05, 3.63) is 59.4 Å². The van der Waals surface area contributed by atoms with E-state index in [0.717, 1.165) is 12.0 Å². The van der Waals surface area contributed by atoms with E-state index in [9.17, 15) is 9.59 Å². The fraction of sp³-hybridized carbons (Fsp3) is 0.500. The molecule has 4 rings (SSSR count). The molecular formula is C28H35NO4. The third kappa shape index (κ3) is 4.50. The average molecular weight is 450 g/mol. The summed E-state index contributed by atoms with van der Waals surface area (Å²) in [5.41, 5.74) is 3.74. The van der Waals surface area contributed by atoms with E-state index in [1.807, 2.05) is 29.7 Å². The second kappa shape index (κ2) is 8.85. The number of hydrogen-bond donors (Lipinski definition) is 0. The van der Waals surface area contributed by atoms with Crippen molar-refractivity contribution in [3.63, 3.8) is 0 Å². The summed E-state index contributed by atoms with van der Waals surface area (Å²) in [4.78, 5) is 24.4. The van der Waals surface area contributed by atoms with Crippen LogP contribution in [0.1, 0.15) is 76.6 Å². The van der Waals surface area contributed by atoms with Crippen LogP contribution in [-0.4, -0.2) is 23.1 Å². The SMILES string of the molecule is CCOC(=O)C(Cc1cccc(OC(C)=O)c1)n1cc2c(c1)[C@@]1(C)CCCC(C)(C)C1C=C2. The molecule has 176 valence electrons. The molecule has 2 aromatic rings. The van der Waals surface area contributed by atoms with Crippen LogP contribution in [-0.2, 0) is 26.2 Å². The van der Waals surface area contributed by atoms with Gasteiger partial charge >= 0.3 is 11.9 Å². The number of carbonyl (C=O) groups excluding carboxylic acids is 2. The van der Waals surface area contributed by atoms with Crippen molar-refractivity contribution < 1.29 is 19.1 Å². The van der Waals surface area contributed by atoms with Gasteiger partial charge in [-0.25, -0.2) is 4.79 Å². The van der Waals surface area contributed by atoms with E-state index in [1.54, 1.807) is 6.07 Å². The Kier molecular flexibility index (Phi) is 6.26. The normalized spacial score (nSPS) is 23.8. The number of ether oxygens (including phenoxy) is 2. The topological polar surface area (TPSA) is 57.5 Å². The van der Waals surface area contributed by atoms with Crippen LogP contribution in [0.4, 0.5) is 0 Å². The van der Waals surface area contributed by atoms with Gasteiger partial charge < -0.3 is 14.0 Å². The fourth-order valence-corrected chi connectivity index (χ4v) is 6.01. The number of aromatic nitrogens is 1. The van der Waals surface area contributed by atoms with Crippen molar-refractivity contribution in [3.8, 4) is 5.75 Å². The molecule has 1 aromatic carbocycles. The van der Waals surface area contributed by atoms with Gasteiger partial charge in [0, 0.05) is 31.2 Å². The van der Waals surface area contributed by atoms with E-state index in [4.69, 9.17) is 9.47 Å². The average Bonchev–Trinajstić information content (AvgIpc) is 3.17. The summed E-state index contributed by atoms with van der Waals surface area (Å²) in [5.74, 6) is 0.343. The highest BCUT2D eigenvalue weighted by molar-refractivity contribution is 5.75. The molecule has 1 aromatic heterocycles. The maximum absolute atomic E-state index is 13.0. The molecule has 0 saturated heterocycles. The summed E-state index contributed by atoms with van der Waals surface area (Å²) in [6.45, 7) is 10.7. The molecule has 2 aliphatic carbocycles. The molecule has 2 aliphatic rings. The molecule has 0 N–H and O–H groups in total. The molecule has 1 saturated carbocycles. The summed E-state index contributed by atoms with van der Waals surface area (Å²) >= 11 is 0. The number of esters is 2. The molecule has 0 amide bonds. The van der Waals surface area contributed by atoms with Gasteiger partial charge in [-0.2, -0.15) is 0 Å². The number of allylic oxidation sites excluding steroid dienone is 1. The minimum Gasteiger partial charge on any atom is -0.464 e. The molecule has 1 heterocycles. The van der Waals surface area contributed by atoms with E-state index in [-0.39, 0.29) is 22.8 Å². The summed E-state index contributed by atoms with van der Waals surface area (Å²) in [6.07, 6.45) is 12.9. The van der Waals surface area contributed by atoms with Crippen LogP contribution in [0.15, 0.2) is 42.7 Å². The lowest BCUT2D eigenvalue weighted by Gasteiger charge is -2.51. The first-order valence-electron chi connectivity index (χ1n) is 12.0. The molecule has 5 nitrogen and oxygen atoms in total. The second-order valence-corrected chi connectivity index (χ2v) is 10.4. The Bertz CT molecular complexity index is 1080. The maximum Gasteiger partial charge on any atom is 0.329 e. The summed E-state index contributed by atoms with van der Waals surface area (Å²) in [5, 5.41) is 0. The van der Waals surface area contributed by atoms with Gasteiger partial charge in [0.15, 0.2) is 0 Å². The lowest BCUT2D eigenvalue weighted by Crippen LogP contribution is -2.45. The number of nitrogens with zero attached hydrogens (tertiary/aromatic N) is 1. The van der Waals surface area contributed by atoms with E-state index < -0.39 is 6.04 Å². The molecule has 0 aliphatic heterocycles. The largest absolute Gasteiger partial charge is 0.464 e. The van der Waals surface area contributed by atoms with E-state index >= 15 is 0 Å². The maximum atomic E-state index is 13.0. The van der Waals surface area contributed by atoms with Gasteiger partial charge in [0.1, 0.15) is 11.8 Å². The minimum atomic E-state index is -0.491. The number of rotatable bonds is 6. The van der Waals surface area contributed by atoms with Crippen LogP contribution in [0.2, 0.25) is 0 Å². The third-order valence-electron chi connectivity index (χ3n) is 7.51. The molecule has 2 unspecified atom stereocenters. The number of benzene rings is 1. The summed E-state index contributed by atoms with van der Waals surface area (Å²) in [7, 11) is 0. The molecule has 0 spiro atoms. The lowest BCUT2D eigenvalue weighted by atomic mass is 9.53. The Morgan fingerprint density at radius 2 is 1.97 bits per heavy atom. The molecule has 5 heteroatoms. The van der Waals surface area contributed by atoms with Crippen LogP contribution in [0.25, 0.3) is 6.08 Å². The first-order chi connectivity index (χ1) is 15.6. The van der Waals surface area contributed by atoms with Crippen molar-refractivity contribution in [1.29, 1.82) is 0 Å². The van der Waals surface area contributed by atoms with Crippen molar-refractivity contribution in [1.82, 2.24) is 4.57 Å².